The number of benzene rings is 1. The highest BCUT2D eigenvalue weighted by molar-refractivity contribution is 5.94. The van der Waals surface area contributed by atoms with Gasteiger partial charge in [0.15, 0.2) is 0 Å². The van der Waals surface area contributed by atoms with Crippen LogP contribution in [0.4, 0.5) is 16.2 Å². The molecule has 0 saturated heterocycles. The Bertz CT molecular complexity index is 436. The van der Waals surface area contributed by atoms with Crippen LogP contribution < -0.4 is 11.1 Å². The van der Waals surface area contributed by atoms with Crippen molar-refractivity contribution in [3.8, 4) is 0 Å². The van der Waals surface area contributed by atoms with Crippen LogP contribution in [0.25, 0.3) is 0 Å². The Hall–Kier alpha value is -2.04. The number of amides is 1. The standard InChI is InChI=1S/C12H17N3O2/c1-12(2,3)17-11(16)15-10-5-4-9(14)6-8(10)7-13/h4-7,13H,14H2,1-3H3,(H,15,16). The van der Waals surface area contributed by atoms with Crippen molar-refractivity contribution in [3.05, 3.63) is 23.8 Å². The molecule has 0 fully saturated rings. The molecule has 0 unspecified atom stereocenters. The average Bonchev–Trinajstić information content (AvgIpc) is 2.17. The molecule has 1 rings (SSSR count). The van der Waals surface area contributed by atoms with E-state index in [0.717, 1.165) is 6.21 Å². The van der Waals surface area contributed by atoms with E-state index in [1.165, 1.54) is 0 Å². The molecule has 0 atom stereocenters. The lowest BCUT2D eigenvalue weighted by Gasteiger charge is -2.20. The summed E-state index contributed by atoms with van der Waals surface area (Å²) in [7, 11) is 0. The van der Waals surface area contributed by atoms with E-state index < -0.39 is 11.7 Å². The molecule has 0 aromatic heterocycles. The van der Waals surface area contributed by atoms with Crippen LogP contribution >= 0.6 is 0 Å². The number of carbonyl (C=O) groups excluding carboxylic acids is 1. The van der Waals surface area contributed by atoms with E-state index in [2.05, 4.69) is 5.32 Å². The molecule has 0 bridgehead atoms. The molecule has 0 heterocycles. The summed E-state index contributed by atoms with van der Waals surface area (Å²) in [6.45, 7) is 5.35. The van der Waals surface area contributed by atoms with E-state index in [1.54, 1.807) is 39.0 Å². The molecule has 5 nitrogen and oxygen atoms in total. The number of anilines is 2. The molecule has 0 saturated carbocycles. The van der Waals surface area contributed by atoms with Gasteiger partial charge in [-0.15, -0.1) is 0 Å². The molecule has 0 radical (unpaired) electrons. The minimum atomic E-state index is -0.553. The summed E-state index contributed by atoms with van der Waals surface area (Å²) < 4.78 is 5.11. The SMILES string of the molecule is CC(C)(C)OC(=O)Nc1ccc(N)cc1C=N. The van der Waals surface area contributed by atoms with Gasteiger partial charge in [0.1, 0.15) is 5.60 Å². The van der Waals surface area contributed by atoms with Crippen LogP contribution in [-0.4, -0.2) is 17.9 Å². The Balaban J connectivity index is 2.81. The zero-order valence-corrected chi connectivity index (χ0v) is 10.2. The zero-order chi connectivity index (χ0) is 13.1. The molecule has 92 valence electrons. The summed E-state index contributed by atoms with van der Waals surface area (Å²) in [5, 5.41) is 9.81. The molecule has 1 aromatic carbocycles. The first-order valence-electron chi connectivity index (χ1n) is 5.22. The zero-order valence-electron chi connectivity index (χ0n) is 10.2. The van der Waals surface area contributed by atoms with E-state index in [0.29, 0.717) is 16.9 Å². The van der Waals surface area contributed by atoms with Crippen LogP contribution in [0.2, 0.25) is 0 Å². The molecule has 1 aromatic rings. The first-order chi connectivity index (χ1) is 7.81. The highest BCUT2D eigenvalue weighted by atomic mass is 16.6. The third kappa shape index (κ3) is 4.14. The molecule has 0 aliphatic heterocycles. The summed E-state index contributed by atoms with van der Waals surface area (Å²) >= 11 is 0. The van der Waals surface area contributed by atoms with E-state index in [-0.39, 0.29) is 0 Å². The predicted molar refractivity (Wildman–Crippen MR) is 68.6 cm³/mol. The maximum atomic E-state index is 11.5. The quantitative estimate of drug-likeness (QED) is 0.543. The second-order valence-corrected chi connectivity index (χ2v) is 4.62. The average molecular weight is 235 g/mol. The molecular weight excluding hydrogens is 218 g/mol. The van der Waals surface area contributed by atoms with Gasteiger partial charge < -0.3 is 15.9 Å². The maximum Gasteiger partial charge on any atom is 0.412 e. The van der Waals surface area contributed by atoms with Crippen molar-refractivity contribution in [1.29, 1.82) is 5.41 Å². The van der Waals surface area contributed by atoms with E-state index in [9.17, 15) is 4.79 Å². The fourth-order valence-electron chi connectivity index (χ4n) is 1.23. The largest absolute Gasteiger partial charge is 0.444 e. The second-order valence-electron chi connectivity index (χ2n) is 4.62. The van der Waals surface area contributed by atoms with Crippen LogP contribution in [0.3, 0.4) is 0 Å². The maximum absolute atomic E-state index is 11.5. The first kappa shape index (κ1) is 13.0. The molecule has 5 heteroatoms. The van der Waals surface area contributed by atoms with Crippen molar-refractivity contribution < 1.29 is 9.53 Å². The van der Waals surface area contributed by atoms with Crippen molar-refractivity contribution in [2.75, 3.05) is 11.1 Å². The summed E-state index contributed by atoms with van der Waals surface area (Å²) in [6, 6.07) is 4.90. The topological polar surface area (TPSA) is 88.2 Å². The van der Waals surface area contributed by atoms with Crippen LogP contribution in [0, 0.1) is 5.41 Å². The minimum Gasteiger partial charge on any atom is -0.444 e. The van der Waals surface area contributed by atoms with Gasteiger partial charge in [0.25, 0.3) is 0 Å². The summed E-state index contributed by atoms with van der Waals surface area (Å²) in [5.74, 6) is 0. The fourth-order valence-corrected chi connectivity index (χ4v) is 1.23. The van der Waals surface area contributed by atoms with E-state index in [1.807, 2.05) is 0 Å². The van der Waals surface area contributed by atoms with Crippen LogP contribution in [0.5, 0.6) is 0 Å². The molecule has 0 aliphatic rings. The number of nitrogens with two attached hydrogens (primary N) is 1. The van der Waals surface area contributed by atoms with Gasteiger partial charge in [-0.25, -0.2) is 4.79 Å². The lowest BCUT2D eigenvalue weighted by molar-refractivity contribution is 0.0636. The van der Waals surface area contributed by atoms with Gasteiger partial charge in [-0.1, -0.05) is 0 Å². The Kier molecular flexibility index (Phi) is 3.73. The molecule has 0 spiro atoms. The number of ether oxygens (including phenoxy) is 1. The molecule has 17 heavy (non-hydrogen) atoms. The predicted octanol–water partition coefficient (Wildman–Crippen LogP) is 2.61. The van der Waals surface area contributed by atoms with Crippen molar-refractivity contribution in [1.82, 2.24) is 0 Å². The number of hydrogen-bond acceptors (Lipinski definition) is 4. The van der Waals surface area contributed by atoms with Crippen molar-refractivity contribution >= 4 is 23.7 Å². The van der Waals surface area contributed by atoms with Crippen molar-refractivity contribution in [2.45, 2.75) is 26.4 Å². The molecule has 0 aliphatic carbocycles. The molecule has 4 N–H and O–H groups in total. The summed E-state index contributed by atoms with van der Waals surface area (Å²) in [5.41, 5.74) is 6.62. The minimum absolute atomic E-state index is 0.503. The molecule has 1 amide bonds. The van der Waals surface area contributed by atoms with Gasteiger partial charge in [0.2, 0.25) is 0 Å². The lowest BCUT2D eigenvalue weighted by atomic mass is 10.1. The van der Waals surface area contributed by atoms with Gasteiger partial charge in [0, 0.05) is 17.5 Å². The Morgan fingerprint density at radius 2 is 2.12 bits per heavy atom. The van der Waals surface area contributed by atoms with Crippen LogP contribution in [0.1, 0.15) is 26.3 Å². The summed E-state index contributed by atoms with van der Waals surface area (Å²) in [4.78, 5) is 11.5. The van der Waals surface area contributed by atoms with Crippen LogP contribution in [0.15, 0.2) is 18.2 Å². The van der Waals surface area contributed by atoms with Crippen LogP contribution in [-0.2, 0) is 4.74 Å². The molecular formula is C12H17N3O2. The Morgan fingerprint density at radius 3 is 2.65 bits per heavy atom. The highest BCUT2D eigenvalue weighted by Crippen LogP contribution is 2.18. The van der Waals surface area contributed by atoms with E-state index >= 15 is 0 Å². The Labute approximate surface area is 100 Å². The third-order valence-electron chi connectivity index (χ3n) is 1.87. The van der Waals surface area contributed by atoms with Crippen molar-refractivity contribution in [3.63, 3.8) is 0 Å². The number of nitrogens with one attached hydrogen (secondary N) is 2. The van der Waals surface area contributed by atoms with Gasteiger partial charge in [-0.2, -0.15) is 0 Å². The van der Waals surface area contributed by atoms with Gasteiger partial charge in [-0.3, -0.25) is 5.32 Å². The van der Waals surface area contributed by atoms with Gasteiger partial charge >= 0.3 is 6.09 Å². The lowest BCUT2D eigenvalue weighted by Crippen LogP contribution is -2.27. The smallest absolute Gasteiger partial charge is 0.412 e. The number of rotatable bonds is 2. The number of carbonyl (C=O) groups is 1. The first-order valence-corrected chi connectivity index (χ1v) is 5.22. The fraction of sp³-hybridized carbons (Fsp3) is 0.333. The highest BCUT2D eigenvalue weighted by Gasteiger charge is 2.16. The number of hydrogen-bond donors (Lipinski definition) is 3. The van der Waals surface area contributed by atoms with Gasteiger partial charge in [-0.05, 0) is 39.0 Å². The van der Waals surface area contributed by atoms with E-state index in [4.69, 9.17) is 15.9 Å². The van der Waals surface area contributed by atoms with Gasteiger partial charge in [0.05, 0.1) is 5.69 Å². The normalized spacial score (nSPS) is 10.8. The third-order valence-corrected chi connectivity index (χ3v) is 1.87. The monoisotopic (exact) mass is 235 g/mol. The summed E-state index contributed by atoms with van der Waals surface area (Å²) in [6.07, 6.45) is 0.577. The Morgan fingerprint density at radius 1 is 1.47 bits per heavy atom. The number of nitrogen functional groups attached to an aromatic ring is 1. The van der Waals surface area contributed by atoms with Crippen molar-refractivity contribution in [2.24, 2.45) is 0 Å². The second kappa shape index (κ2) is 4.86.